The SMILES string of the molecule is CC(C)COCCCNC(=O)Cc1csc(N2CCCC2=O)n1. The molecule has 2 amide bonds. The molecule has 0 aliphatic carbocycles. The standard InChI is InChI=1S/C16H25N3O3S/c1-12(2)10-22-8-4-6-17-14(20)9-13-11-23-16(18-13)19-7-3-5-15(19)21/h11-12H,3-10H2,1-2H3,(H,17,20). The van der Waals surface area contributed by atoms with Gasteiger partial charge in [-0.1, -0.05) is 13.8 Å². The molecule has 0 unspecified atom stereocenters. The van der Waals surface area contributed by atoms with Crippen molar-refractivity contribution >= 4 is 28.3 Å². The number of carbonyl (C=O) groups excluding carboxylic acids is 2. The highest BCUT2D eigenvalue weighted by Crippen LogP contribution is 2.25. The van der Waals surface area contributed by atoms with Gasteiger partial charge in [0.1, 0.15) is 0 Å². The third-order valence-corrected chi connectivity index (χ3v) is 4.34. The van der Waals surface area contributed by atoms with E-state index in [1.54, 1.807) is 4.90 Å². The first kappa shape index (κ1) is 17.9. The molecule has 0 bridgehead atoms. The van der Waals surface area contributed by atoms with Crippen LogP contribution in [0.4, 0.5) is 5.13 Å². The zero-order valence-corrected chi connectivity index (χ0v) is 14.7. The van der Waals surface area contributed by atoms with Gasteiger partial charge in [-0.05, 0) is 18.8 Å². The smallest absolute Gasteiger partial charge is 0.228 e. The number of amides is 2. The molecule has 0 atom stereocenters. The lowest BCUT2D eigenvalue weighted by atomic mass is 10.2. The molecule has 0 aromatic carbocycles. The topological polar surface area (TPSA) is 71.5 Å². The number of anilines is 1. The molecule has 1 N–H and O–H groups in total. The fourth-order valence-corrected chi connectivity index (χ4v) is 3.17. The largest absolute Gasteiger partial charge is 0.381 e. The quantitative estimate of drug-likeness (QED) is 0.699. The van der Waals surface area contributed by atoms with Crippen LogP contribution in [0.25, 0.3) is 0 Å². The minimum Gasteiger partial charge on any atom is -0.381 e. The van der Waals surface area contributed by atoms with Crippen LogP contribution in [0, 0.1) is 5.92 Å². The van der Waals surface area contributed by atoms with Gasteiger partial charge < -0.3 is 10.1 Å². The predicted molar refractivity (Wildman–Crippen MR) is 90.7 cm³/mol. The number of hydrogen-bond donors (Lipinski definition) is 1. The third kappa shape index (κ3) is 5.91. The Labute approximate surface area is 141 Å². The second-order valence-electron chi connectivity index (χ2n) is 6.12. The maximum atomic E-state index is 11.9. The van der Waals surface area contributed by atoms with Gasteiger partial charge in [0, 0.05) is 38.1 Å². The molecule has 1 saturated heterocycles. The van der Waals surface area contributed by atoms with Crippen LogP contribution in [-0.4, -0.2) is 43.1 Å². The maximum Gasteiger partial charge on any atom is 0.228 e. The summed E-state index contributed by atoms with van der Waals surface area (Å²) in [5.74, 6) is 0.612. The van der Waals surface area contributed by atoms with Gasteiger partial charge >= 0.3 is 0 Å². The molecule has 6 nitrogen and oxygen atoms in total. The monoisotopic (exact) mass is 339 g/mol. The number of carbonyl (C=O) groups is 2. The summed E-state index contributed by atoms with van der Waals surface area (Å²) in [4.78, 5) is 29.7. The molecule has 1 aliphatic heterocycles. The second-order valence-corrected chi connectivity index (χ2v) is 6.96. The van der Waals surface area contributed by atoms with Crippen molar-refractivity contribution in [1.29, 1.82) is 0 Å². The summed E-state index contributed by atoms with van der Waals surface area (Å²) in [6, 6.07) is 0. The Hall–Kier alpha value is -1.47. The first-order valence-corrected chi connectivity index (χ1v) is 9.03. The van der Waals surface area contributed by atoms with Gasteiger partial charge in [-0.2, -0.15) is 0 Å². The Morgan fingerprint density at radius 2 is 2.35 bits per heavy atom. The Balaban J connectivity index is 1.65. The lowest BCUT2D eigenvalue weighted by molar-refractivity contribution is -0.120. The van der Waals surface area contributed by atoms with E-state index in [4.69, 9.17) is 4.74 Å². The average Bonchev–Trinajstić information content (AvgIpc) is 3.11. The molecule has 23 heavy (non-hydrogen) atoms. The van der Waals surface area contributed by atoms with Gasteiger partial charge in [-0.15, -0.1) is 11.3 Å². The van der Waals surface area contributed by atoms with Crippen LogP contribution in [0.5, 0.6) is 0 Å². The molecule has 2 heterocycles. The molecule has 0 saturated carbocycles. The van der Waals surface area contributed by atoms with Gasteiger partial charge in [-0.25, -0.2) is 4.98 Å². The van der Waals surface area contributed by atoms with Crippen LogP contribution in [0.15, 0.2) is 5.38 Å². The molecule has 1 aromatic rings. The number of nitrogens with one attached hydrogen (secondary N) is 1. The van der Waals surface area contributed by atoms with Crippen molar-refractivity contribution in [3.8, 4) is 0 Å². The van der Waals surface area contributed by atoms with Crippen LogP contribution >= 0.6 is 11.3 Å². The number of aromatic nitrogens is 1. The Kier molecular flexibility index (Phi) is 6.98. The average molecular weight is 339 g/mol. The van der Waals surface area contributed by atoms with Gasteiger partial charge in [-0.3, -0.25) is 14.5 Å². The summed E-state index contributed by atoms with van der Waals surface area (Å²) in [5, 5.41) is 5.43. The van der Waals surface area contributed by atoms with E-state index in [1.165, 1.54) is 11.3 Å². The summed E-state index contributed by atoms with van der Waals surface area (Å²) in [5.41, 5.74) is 0.721. The number of nitrogens with zero attached hydrogens (tertiary/aromatic N) is 2. The van der Waals surface area contributed by atoms with Crippen molar-refractivity contribution in [2.24, 2.45) is 5.92 Å². The highest BCUT2D eigenvalue weighted by atomic mass is 32.1. The van der Waals surface area contributed by atoms with E-state index in [0.29, 0.717) is 30.6 Å². The molecular formula is C16H25N3O3S. The van der Waals surface area contributed by atoms with Crippen LogP contribution in [0.2, 0.25) is 0 Å². The highest BCUT2D eigenvalue weighted by molar-refractivity contribution is 7.14. The molecule has 0 spiro atoms. The van der Waals surface area contributed by atoms with Gasteiger partial charge in [0.25, 0.3) is 0 Å². The summed E-state index contributed by atoms with van der Waals surface area (Å²) in [6.45, 7) is 6.98. The molecule has 2 rings (SSSR count). The van der Waals surface area contributed by atoms with Crippen LogP contribution < -0.4 is 10.2 Å². The minimum absolute atomic E-state index is 0.0431. The molecule has 1 fully saturated rings. The highest BCUT2D eigenvalue weighted by Gasteiger charge is 2.24. The van der Waals surface area contributed by atoms with Crippen LogP contribution in [0.1, 0.15) is 38.8 Å². The van der Waals surface area contributed by atoms with E-state index in [1.807, 2.05) is 5.38 Å². The zero-order valence-electron chi connectivity index (χ0n) is 13.8. The van der Waals surface area contributed by atoms with E-state index >= 15 is 0 Å². The van der Waals surface area contributed by atoms with E-state index in [0.717, 1.165) is 31.7 Å². The Bertz CT molecular complexity index is 530. The van der Waals surface area contributed by atoms with Crippen molar-refractivity contribution in [2.45, 2.75) is 39.5 Å². The number of thiazole rings is 1. The first-order valence-electron chi connectivity index (χ1n) is 8.15. The molecular weight excluding hydrogens is 314 g/mol. The molecule has 1 aliphatic rings. The molecule has 128 valence electrons. The Morgan fingerprint density at radius 1 is 1.52 bits per heavy atom. The lowest BCUT2D eigenvalue weighted by Gasteiger charge is -2.10. The lowest BCUT2D eigenvalue weighted by Crippen LogP contribution is -2.27. The minimum atomic E-state index is -0.0431. The number of ether oxygens (including phenoxy) is 1. The van der Waals surface area contributed by atoms with Crippen molar-refractivity contribution in [1.82, 2.24) is 10.3 Å². The van der Waals surface area contributed by atoms with Crippen molar-refractivity contribution in [2.75, 3.05) is 31.2 Å². The fraction of sp³-hybridized carbons (Fsp3) is 0.688. The summed E-state index contributed by atoms with van der Waals surface area (Å²) in [7, 11) is 0. The van der Waals surface area contributed by atoms with Gasteiger partial charge in [0.2, 0.25) is 11.8 Å². The normalized spacial score (nSPS) is 14.7. The first-order chi connectivity index (χ1) is 11.1. The van der Waals surface area contributed by atoms with Gasteiger partial charge in [0.05, 0.1) is 12.1 Å². The van der Waals surface area contributed by atoms with Crippen molar-refractivity contribution < 1.29 is 14.3 Å². The van der Waals surface area contributed by atoms with Crippen molar-refractivity contribution in [3.63, 3.8) is 0 Å². The van der Waals surface area contributed by atoms with E-state index in [2.05, 4.69) is 24.1 Å². The van der Waals surface area contributed by atoms with Gasteiger partial charge in [0.15, 0.2) is 5.13 Å². The number of rotatable bonds is 9. The number of hydrogen-bond acceptors (Lipinski definition) is 5. The predicted octanol–water partition coefficient (Wildman–Crippen LogP) is 1.99. The summed E-state index contributed by atoms with van der Waals surface area (Å²) in [6.07, 6.45) is 2.54. The van der Waals surface area contributed by atoms with Crippen LogP contribution in [0.3, 0.4) is 0 Å². The third-order valence-electron chi connectivity index (χ3n) is 3.42. The second kappa shape index (κ2) is 8.98. The van der Waals surface area contributed by atoms with Crippen molar-refractivity contribution in [3.05, 3.63) is 11.1 Å². The fourth-order valence-electron chi connectivity index (χ4n) is 2.30. The molecule has 1 aromatic heterocycles. The van der Waals surface area contributed by atoms with E-state index in [9.17, 15) is 9.59 Å². The molecule has 7 heteroatoms. The summed E-state index contributed by atoms with van der Waals surface area (Å²) >= 11 is 1.42. The van der Waals surface area contributed by atoms with Crippen LogP contribution in [-0.2, 0) is 20.7 Å². The van der Waals surface area contributed by atoms with E-state index in [-0.39, 0.29) is 18.2 Å². The summed E-state index contributed by atoms with van der Waals surface area (Å²) < 4.78 is 5.47. The van der Waals surface area contributed by atoms with E-state index < -0.39 is 0 Å². The zero-order chi connectivity index (χ0) is 16.7. The maximum absolute atomic E-state index is 11.9. The Morgan fingerprint density at radius 3 is 3.04 bits per heavy atom. The molecule has 0 radical (unpaired) electrons.